The molecule has 29 heavy (non-hydrogen) atoms. The maximum atomic E-state index is 6.05. The average molecular weight is 405 g/mol. The maximum Gasteiger partial charge on any atom is 0.205 e. The Bertz CT molecular complexity index is 1150. The van der Waals surface area contributed by atoms with Crippen LogP contribution in [0.4, 0.5) is 10.9 Å². The molecule has 3 N–H and O–H groups in total. The number of pyridine rings is 1. The third kappa shape index (κ3) is 4.44. The highest BCUT2D eigenvalue weighted by atomic mass is 32.1. The molecule has 0 atom stereocenters. The van der Waals surface area contributed by atoms with E-state index in [-0.39, 0.29) is 0 Å². The van der Waals surface area contributed by atoms with Crippen LogP contribution >= 0.6 is 11.3 Å². The molecule has 0 bridgehead atoms. The number of hydrogen-bond donors (Lipinski definition) is 2. The van der Waals surface area contributed by atoms with Crippen molar-refractivity contribution >= 4 is 39.4 Å². The normalized spacial score (nSPS) is 11.1. The van der Waals surface area contributed by atoms with Crippen LogP contribution in [0, 0.1) is 0 Å². The molecule has 4 rings (SSSR count). The number of nitrogen functional groups attached to an aromatic ring is 1. The topological polar surface area (TPSA) is 94.7 Å². The molecule has 4 aromatic rings. The van der Waals surface area contributed by atoms with E-state index in [4.69, 9.17) is 15.2 Å². The van der Waals surface area contributed by atoms with Crippen LogP contribution in [0.25, 0.3) is 10.9 Å². The zero-order valence-corrected chi connectivity index (χ0v) is 16.5. The molecule has 0 unspecified atom stereocenters. The standard InChI is InChI=1S/C21H19N5O2S/c1-27-17-8-7-14(11-24-26-21-25-19(22)13-29-21)10-16(17)12-28-18-6-2-4-15-5-3-9-23-20(15)18/h2-11,13H,12,22H2,1H3,(H,25,26). The molecule has 0 saturated carbocycles. The second-order valence-corrected chi connectivity index (χ2v) is 7.00. The Morgan fingerprint density at radius 2 is 2.07 bits per heavy atom. The van der Waals surface area contributed by atoms with Gasteiger partial charge in [0.15, 0.2) is 0 Å². The number of ether oxygens (including phenoxy) is 2. The molecule has 2 heterocycles. The van der Waals surface area contributed by atoms with Crippen LogP contribution in [0.15, 0.2) is 65.2 Å². The molecule has 0 aliphatic carbocycles. The molecule has 146 valence electrons. The SMILES string of the molecule is COc1ccc(C=NNc2nc(N)cs2)cc1COc1cccc2cccnc12. The molecule has 2 aromatic carbocycles. The number of nitrogens with zero attached hydrogens (tertiary/aromatic N) is 3. The minimum absolute atomic E-state index is 0.344. The third-order valence-electron chi connectivity index (χ3n) is 4.18. The predicted molar refractivity (Wildman–Crippen MR) is 117 cm³/mol. The van der Waals surface area contributed by atoms with Gasteiger partial charge in [-0.3, -0.25) is 10.4 Å². The highest BCUT2D eigenvalue weighted by Gasteiger charge is 2.08. The molecule has 7 nitrogen and oxygen atoms in total. The van der Waals surface area contributed by atoms with Crippen molar-refractivity contribution in [2.24, 2.45) is 5.10 Å². The van der Waals surface area contributed by atoms with Crippen molar-refractivity contribution < 1.29 is 9.47 Å². The van der Waals surface area contributed by atoms with Crippen molar-refractivity contribution in [2.75, 3.05) is 18.3 Å². The molecule has 0 aliphatic rings. The number of rotatable bonds is 7. The highest BCUT2D eigenvalue weighted by molar-refractivity contribution is 7.14. The largest absolute Gasteiger partial charge is 0.496 e. The number of hydrazone groups is 1. The number of methoxy groups -OCH3 is 1. The molecular formula is C21H19N5O2S. The second kappa shape index (κ2) is 8.57. The average Bonchev–Trinajstić information content (AvgIpc) is 3.17. The Labute approximate surface area is 171 Å². The third-order valence-corrected chi connectivity index (χ3v) is 4.94. The fourth-order valence-electron chi connectivity index (χ4n) is 2.84. The number of aromatic nitrogens is 2. The number of nitrogens with two attached hydrogens (primary N) is 1. The van der Waals surface area contributed by atoms with Crippen molar-refractivity contribution in [1.82, 2.24) is 9.97 Å². The second-order valence-electron chi connectivity index (χ2n) is 6.14. The van der Waals surface area contributed by atoms with E-state index >= 15 is 0 Å². The van der Waals surface area contributed by atoms with Crippen molar-refractivity contribution in [1.29, 1.82) is 0 Å². The Morgan fingerprint density at radius 1 is 1.17 bits per heavy atom. The first kappa shape index (κ1) is 18.7. The number of para-hydroxylation sites is 1. The number of anilines is 2. The molecule has 2 aromatic heterocycles. The number of fused-ring (bicyclic) bond motifs is 1. The maximum absolute atomic E-state index is 6.05. The molecule has 0 fully saturated rings. The van der Waals surface area contributed by atoms with E-state index in [1.54, 1.807) is 24.9 Å². The summed E-state index contributed by atoms with van der Waals surface area (Å²) in [7, 11) is 1.64. The molecule has 0 saturated heterocycles. The van der Waals surface area contributed by atoms with Gasteiger partial charge in [-0.05, 0) is 35.9 Å². The van der Waals surface area contributed by atoms with Crippen LogP contribution in [0.3, 0.4) is 0 Å². The van der Waals surface area contributed by atoms with Crippen molar-refractivity contribution in [2.45, 2.75) is 6.61 Å². The lowest BCUT2D eigenvalue weighted by atomic mass is 10.1. The van der Waals surface area contributed by atoms with Gasteiger partial charge in [0.05, 0.1) is 13.3 Å². The van der Waals surface area contributed by atoms with Crippen molar-refractivity contribution in [3.05, 3.63) is 71.2 Å². The molecule has 0 amide bonds. The van der Waals surface area contributed by atoms with E-state index in [1.807, 2.05) is 48.5 Å². The summed E-state index contributed by atoms with van der Waals surface area (Å²) < 4.78 is 11.5. The van der Waals surface area contributed by atoms with Crippen LogP contribution in [0.1, 0.15) is 11.1 Å². The van der Waals surface area contributed by atoms with Gasteiger partial charge in [0.1, 0.15) is 29.4 Å². The van der Waals surface area contributed by atoms with Crippen molar-refractivity contribution in [3.63, 3.8) is 0 Å². The fraction of sp³-hybridized carbons (Fsp3) is 0.0952. The summed E-state index contributed by atoms with van der Waals surface area (Å²) in [5.41, 5.74) is 11.1. The van der Waals surface area contributed by atoms with E-state index in [9.17, 15) is 0 Å². The minimum Gasteiger partial charge on any atom is -0.496 e. The van der Waals surface area contributed by atoms with Gasteiger partial charge < -0.3 is 15.2 Å². The minimum atomic E-state index is 0.344. The van der Waals surface area contributed by atoms with Gasteiger partial charge in [-0.25, -0.2) is 4.98 Å². The fourth-order valence-corrected chi connectivity index (χ4v) is 3.39. The van der Waals surface area contributed by atoms with Crippen LogP contribution in [-0.2, 0) is 6.61 Å². The molecule has 8 heteroatoms. The summed E-state index contributed by atoms with van der Waals surface area (Å²) in [6, 6.07) is 15.6. The lowest BCUT2D eigenvalue weighted by Gasteiger charge is -2.12. The van der Waals surface area contributed by atoms with Gasteiger partial charge in [0, 0.05) is 22.5 Å². The summed E-state index contributed by atoms with van der Waals surface area (Å²) in [6.45, 7) is 0.344. The summed E-state index contributed by atoms with van der Waals surface area (Å²) >= 11 is 1.39. The number of benzene rings is 2. The van der Waals surface area contributed by atoms with Gasteiger partial charge in [0.25, 0.3) is 0 Å². The summed E-state index contributed by atoms with van der Waals surface area (Å²) in [5.74, 6) is 1.95. The van der Waals surface area contributed by atoms with Gasteiger partial charge in [-0.15, -0.1) is 11.3 Å². The van der Waals surface area contributed by atoms with E-state index in [0.717, 1.165) is 33.5 Å². The van der Waals surface area contributed by atoms with Crippen LogP contribution in [0.5, 0.6) is 11.5 Å². The predicted octanol–water partition coefficient (Wildman–Crippen LogP) is 4.31. The first-order chi connectivity index (χ1) is 14.2. The van der Waals surface area contributed by atoms with Crippen LogP contribution in [-0.4, -0.2) is 23.3 Å². The van der Waals surface area contributed by atoms with Crippen LogP contribution < -0.4 is 20.6 Å². The quantitative estimate of drug-likeness (QED) is 0.351. The highest BCUT2D eigenvalue weighted by Crippen LogP contribution is 2.26. The summed E-state index contributed by atoms with van der Waals surface area (Å²) in [4.78, 5) is 8.53. The smallest absolute Gasteiger partial charge is 0.205 e. The van der Waals surface area contributed by atoms with Gasteiger partial charge in [0.2, 0.25) is 5.13 Å². The molecular weight excluding hydrogens is 386 g/mol. The van der Waals surface area contributed by atoms with Gasteiger partial charge >= 0.3 is 0 Å². The van der Waals surface area contributed by atoms with Gasteiger partial charge in [-0.2, -0.15) is 5.10 Å². The Balaban J connectivity index is 1.50. The summed E-state index contributed by atoms with van der Waals surface area (Å²) in [5, 5.41) is 7.63. The van der Waals surface area contributed by atoms with E-state index in [2.05, 4.69) is 20.5 Å². The zero-order valence-electron chi connectivity index (χ0n) is 15.7. The Morgan fingerprint density at radius 3 is 2.90 bits per heavy atom. The lowest BCUT2D eigenvalue weighted by Crippen LogP contribution is -2.01. The van der Waals surface area contributed by atoms with Crippen LogP contribution in [0.2, 0.25) is 0 Å². The zero-order chi connectivity index (χ0) is 20.1. The Hall–Kier alpha value is -3.65. The van der Waals surface area contributed by atoms with E-state index < -0.39 is 0 Å². The number of hydrogen-bond acceptors (Lipinski definition) is 8. The number of thiazole rings is 1. The van der Waals surface area contributed by atoms with E-state index in [0.29, 0.717) is 17.6 Å². The molecule has 0 aliphatic heterocycles. The first-order valence-corrected chi connectivity index (χ1v) is 9.74. The first-order valence-electron chi connectivity index (χ1n) is 8.86. The van der Waals surface area contributed by atoms with Crippen molar-refractivity contribution in [3.8, 4) is 11.5 Å². The Kier molecular flexibility index (Phi) is 5.53. The molecule has 0 spiro atoms. The molecule has 0 radical (unpaired) electrons. The summed E-state index contributed by atoms with van der Waals surface area (Å²) in [6.07, 6.45) is 3.47. The number of nitrogens with one attached hydrogen (secondary N) is 1. The monoisotopic (exact) mass is 405 g/mol. The lowest BCUT2D eigenvalue weighted by molar-refractivity contribution is 0.299. The van der Waals surface area contributed by atoms with E-state index in [1.165, 1.54) is 11.3 Å². The van der Waals surface area contributed by atoms with Gasteiger partial charge in [-0.1, -0.05) is 18.2 Å².